The monoisotopic (exact) mass is 679 g/mol. The van der Waals surface area contributed by atoms with Crippen molar-refractivity contribution in [2.45, 2.75) is 54.3 Å². The Balaban J connectivity index is 1.33. The zero-order chi connectivity index (χ0) is 35.0. The lowest BCUT2D eigenvalue weighted by Crippen LogP contribution is -2.20. The molecule has 0 unspecified atom stereocenters. The Labute approximate surface area is 283 Å². The molecule has 4 N–H and O–H groups in total. The number of allylic oxidation sites excluding steroid dienone is 2. The van der Waals surface area contributed by atoms with E-state index >= 15 is 0 Å². The predicted molar refractivity (Wildman–Crippen MR) is 185 cm³/mol. The number of thiazole rings is 1. The van der Waals surface area contributed by atoms with E-state index in [1.54, 1.807) is 33.5 Å². The Kier molecular flexibility index (Phi) is 8.88. The number of ketones is 1. The van der Waals surface area contributed by atoms with Crippen LogP contribution in [0.5, 0.6) is 0 Å². The van der Waals surface area contributed by atoms with Crippen molar-refractivity contribution >= 4 is 68.9 Å². The topological polar surface area (TPSA) is 198 Å². The molecule has 49 heavy (non-hydrogen) atoms. The fraction of sp³-hybridized carbons (Fsp3) is 0.242. The molecule has 250 valence electrons. The second-order valence-corrected chi connectivity index (χ2v) is 12.6. The van der Waals surface area contributed by atoms with E-state index in [4.69, 9.17) is 5.73 Å². The van der Waals surface area contributed by atoms with Crippen LogP contribution in [-0.4, -0.2) is 62.4 Å². The Morgan fingerprint density at radius 2 is 1.53 bits per heavy atom. The third-order valence-corrected chi connectivity index (χ3v) is 8.69. The van der Waals surface area contributed by atoms with Crippen LogP contribution >= 0.6 is 11.3 Å². The molecule has 0 aliphatic carbocycles. The first kappa shape index (κ1) is 32.9. The number of Topliss-reactive ketones (excluding diaryl/α,β-unsaturated/α-hetero) is 1. The maximum atomic E-state index is 13.4. The molecule has 0 radical (unpaired) electrons. The summed E-state index contributed by atoms with van der Waals surface area (Å²) in [6.07, 6.45) is 6.74. The third-order valence-electron chi connectivity index (χ3n) is 7.78. The molecule has 0 spiro atoms. The summed E-state index contributed by atoms with van der Waals surface area (Å²) < 4.78 is 5.18. The average molecular weight is 680 g/mol. The van der Waals surface area contributed by atoms with Gasteiger partial charge >= 0.3 is 0 Å². The van der Waals surface area contributed by atoms with E-state index < -0.39 is 5.91 Å². The lowest BCUT2D eigenvalue weighted by atomic mass is 10.1. The molecule has 5 heterocycles. The van der Waals surface area contributed by atoms with Crippen molar-refractivity contribution in [2.24, 2.45) is 5.73 Å². The lowest BCUT2D eigenvalue weighted by Gasteiger charge is -2.11. The first-order chi connectivity index (χ1) is 23.4. The van der Waals surface area contributed by atoms with Crippen molar-refractivity contribution in [3.05, 3.63) is 86.8 Å². The van der Waals surface area contributed by atoms with E-state index in [0.717, 1.165) is 10.6 Å². The first-order valence-electron chi connectivity index (χ1n) is 15.4. The van der Waals surface area contributed by atoms with E-state index in [1.165, 1.54) is 30.7 Å². The van der Waals surface area contributed by atoms with Gasteiger partial charge in [-0.1, -0.05) is 12.2 Å². The van der Waals surface area contributed by atoms with Gasteiger partial charge in [0.1, 0.15) is 16.1 Å². The van der Waals surface area contributed by atoms with Crippen molar-refractivity contribution < 1.29 is 19.2 Å². The number of rotatable bonds is 11. The highest BCUT2D eigenvalue weighted by molar-refractivity contribution is 7.13. The highest BCUT2D eigenvalue weighted by atomic mass is 32.1. The van der Waals surface area contributed by atoms with Gasteiger partial charge in [0.15, 0.2) is 11.4 Å². The molecule has 5 aromatic heterocycles. The van der Waals surface area contributed by atoms with Crippen LogP contribution in [0, 0.1) is 20.8 Å². The van der Waals surface area contributed by atoms with Crippen LogP contribution in [0.1, 0.15) is 71.0 Å². The molecule has 0 bridgehead atoms. The van der Waals surface area contributed by atoms with Gasteiger partial charge in [-0.2, -0.15) is 5.10 Å². The van der Waals surface area contributed by atoms with E-state index in [2.05, 4.69) is 35.7 Å². The van der Waals surface area contributed by atoms with Crippen molar-refractivity contribution in [2.75, 3.05) is 10.6 Å². The Morgan fingerprint density at radius 3 is 2.20 bits per heavy atom. The number of carbonyl (C=O) groups is 4. The molecule has 0 aliphatic rings. The fourth-order valence-corrected chi connectivity index (χ4v) is 6.16. The standard InChI is InChI=1S/C33H33N11O4S/c1-6-44-25(12-18(3)41-44)30(47)39-32-37-23-13-21(28(34)46)11-17(2)27(23)42(32)9-7-8-10-43-29-24(14-22(15-36-29)19(4)45)38-33(43)40-31(48)26-16-35-20(5)49-26/h7-8,11-16H,6,9-10H2,1-5H3,(H2,34,46)(H,37,39,47)(H,38,40,48)/b8-7+. The van der Waals surface area contributed by atoms with Crippen LogP contribution in [0.4, 0.5) is 11.9 Å². The summed E-state index contributed by atoms with van der Waals surface area (Å²) >= 11 is 1.26. The number of aromatic nitrogens is 8. The highest BCUT2D eigenvalue weighted by Crippen LogP contribution is 2.26. The number of anilines is 2. The molecule has 0 atom stereocenters. The number of amides is 3. The minimum atomic E-state index is -0.586. The number of aryl methyl sites for hydroxylation is 4. The van der Waals surface area contributed by atoms with Crippen LogP contribution in [0.25, 0.3) is 22.2 Å². The van der Waals surface area contributed by atoms with Crippen LogP contribution in [-0.2, 0) is 19.6 Å². The van der Waals surface area contributed by atoms with Gasteiger partial charge in [0.05, 0.1) is 27.9 Å². The number of benzene rings is 1. The summed E-state index contributed by atoms with van der Waals surface area (Å²) in [6, 6.07) is 6.63. The molecule has 15 nitrogen and oxygen atoms in total. The van der Waals surface area contributed by atoms with Gasteiger partial charge in [0.2, 0.25) is 17.8 Å². The summed E-state index contributed by atoms with van der Waals surface area (Å²) in [5.74, 6) is -0.963. The normalized spacial score (nSPS) is 11.5. The molecule has 3 amide bonds. The van der Waals surface area contributed by atoms with Crippen molar-refractivity contribution in [1.82, 2.24) is 38.9 Å². The average Bonchev–Trinajstić information content (AvgIpc) is 3.83. The molecule has 1 aromatic carbocycles. The zero-order valence-corrected chi connectivity index (χ0v) is 28.3. The van der Waals surface area contributed by atoms with Gasteiger partial charge in [-0.3, -0.25) is 39.1 Å². The highest BCUT2D eigenvalue weighted by Gasteiger charge is 2.21. The number of hydrogen-bond acceptors (Lipinski definition) is 10. The van der Waals surface area contributed by atoms with Gasteiger partial charge in [-0.05, 0) is 64.4 Å². The number of imidazole rings is 2. The second-order valence-electron chi connectivity index (χ2n) is 11.3. The van der Waals surface area contributed by atoms with Crippen molar-refractivity contribution in [3.8, 4) is 0 Å². The number of primary amides is 1. The zero-order valence-electron chi connectivity index (χ0n) is 27.4. The van der Waals surface area contributed by atoms with Gasteiger partial charge in [0, 0.05) is 37.0 Å². The smallest absolute Gasteiger partial charge is 0.276 e. The molecule has 0 fully saturated rings. The van der Waals surface area contributed by atoms with Gasteiger partial charge in [-0.25, -0.2) is 19.9 Å². The van der Waals surface area contributed by atoms with E-state index in [1.807, 2.05) is 44.4 Å². The van der Waals surface area contributed by atoms with Crippen LogP contribution in [0.2, 0.25) is 0 Å². The molecule has 0 aliphatic heterocycles. The van der Waals surface area contributed by atoms with E-state index in [9.17, 15) is 19.2 Å². The molecule has 6 rings (SSSR count). The van der Waals surface area contributed by atoms with E-state index in [0.29, 0.717) is 56.1 Å². The van der Waals surface area contributed by atoms with Crippen LogP contribution < -0.4 is 16.4 Å². The van der Waals surface area contributed by atoms with Gasteiger partial charge < -0.3 is 10.3 Å². The van der Waals surface area contributed by atoms with Crippen LogP contribution in [0.3, 0.4) is 0 Å². The number of fused-ring (bicyclic) bond motifs is 2. The number of nitrogens with one attached hydrogen (secondary N) is 2. The minimum absolute atomic E-state index is 0.155. The maximum absolute atomic E-state index is 13.4. The molecule has 6 aromatic rings. The summed E-state index contributed by atoms with van der Waals surface area (Å²) in [5, 5.41) is 10.9. The van der Waals surface area contributed by atoms with E-state index in [-0.39, 0.29) is 42.6 Å². The number of hydrogen-bond donors (Lipinski definition) is 3. The Bertz CT molecular complexity index is 2330. The summed E-state index contributed by atoms with van der Waals surface area (Å²) in [4.78, 5) is 68.8. The molecule has 0 saturated carbocycles. The molecular formula is C33H33N11O4S. The van der Waals surface area contributed by atoms with Crippen LogP contribution in [0.15, 0.2) is 48.8 Å². The molecule has 16 heteroatoms. The third kappa shape index (κ3) is 6.58. The predicted octanol–water partition coefficient (Wildman–Crippen LogP) is 4.44. The summed E-state index contributed by atoms with van der Waals surface area (Å²) in [7, 11) is 0. The Morgan fingerprint density at radius 1 is 0.857 bits per heavy atom. The quantitative estimate of drug-likeness (QED) is 0.131. The largest absolute Gasteiger partial charge is 0.366 e. The minimum Gasteiger partial charge on any atom is -0.366 e. The SMILES string of the molecule is CCn1nc(C)cc1C(=O)Nc1nc2cc(C(N)=O)cc(C)c2n1C/C=C/Cn1c(NC(=O)c2cnc(C)s2)nc2cc(C(C)=O)cnc21. The Hall–Kier alpha value is -6.03. The van der Waals surface area contributed by atoms with Gasteiger partial charge in [-0.15, -0.1) is 11.3 Å². The van der Waals surface area contributed by atoms with Crippen molar-refractivity contribution in [3.63, 3.8) is 0 Å². The van der Waals surface area contributed by atoms with Crippen molar-refractivity contribution in [1.29, 1.82) is 0 Å². The number of carbonyl (C=O) groups excluding carboxylic acids is 4. The summed E-state index contributed by atoms with van der Waals surface area (Å²) in [6.45, 7) is 9.87. The maximum Gasteiger partial charge on any atom is 0.276 e. The first-order valence-corrected chi connectivity index (χ1v) is 16.2. The van der Waals surface area contributed by atoms with Gasteiger partial charge in [0.25, 0.3) is 11.8 Å². The molecule has 0 saturated heterocycles. The molecular weight excluding hydrogens is 647 g/mol. The lowest BCUT2D eigenvalue weighted by molar-refractivity contribution is 0.0994. The summed E-state index contributed by atoms with van der Waals surface area (Å²) in [5.41, 5.74) is 10.3. The number of nitrogens with zero attached hydrogens (tertiary/aromatic N) is 8. The number of nitrogens with two attached hydrogens (primary N) is 1. The number of pyridine rings is 1. The second kappa shape index (κ2) is 13.2. The fourth-order valence-electron chi connectivity index (χ4n) is 5.49.